The molecule has 0 unspecified atom stereocenters. The third-order valence-corrected chi connectivity index (χ3v) is 6.37. The number of hydrogen-bond acceptors (Lipinski definition) is 6. The van der Waals surface area contributed by atoms with Crippen LogP contribution in [0.4, 0.5) is 5.82 Å². The van der Waals surface area contributed by atoms with Gasteiger partial charge in [-0.05, 0) is 24.2 Å². The van der Waals surface area contributed by atoms with Crippen LogP contribution < -0.4 is 11.5 Å². The average molecular weight is 452 g/mol. The van der Waals surface area contributed by atoms with E-state index in [-0.39, 0.29) is 0 Å². The van der Waals surface area contributed by atoms with Gasteiger partial charge in [0.25, 0.3) is 0 Å². The summed E-state index contributed by atoms with van der Waals surface area (Å²) in [5, 5.41) is 5.20. The molecule has 0 saturated carbocycles. The molecule has 0 bridgehead atoms. The molecule has 3 heterocycles. The quantitative estimate of drug-likeness (QED) is 0.573. The van der Waals surface area contributed by atoms with Gasteiger partial charge in [0.2, 0.25) is 0 Å². The molecule has 8 heteroatoms. The molecule has 4 N–H and O–H groups in total. The lowest BCUT2D eigenvalue weighted by Crippen LogP contribution is -2.47. The summed E-state index contributed by atoms with van der Waals surface area (Å²) in [5.74, 6) is 0.502. The van der Waals surface area contributed by atoms with E-state index < -0.39 is 0 Å². The first-order valence-corrected chi connectivity index (χ1v) is 11.4. The molecule has 7 nitrogen and oxygen atoms in total. The van der Waals surface area contributed by atoms with E-state index in [4.69, 9.17) is 28.2 Å². The van der Waals surface area contributed by atoms with E-state index in [9.17, 15) is 0 Å². The van der Waals surface area contributed by atoms with Crippen molar-refractivity contribution < 1.29 is 0 Å². The van der Waals surface area contributed by atoms with Crippen molar-refractivity contribution in [3.05, 3.63) is 65.9 Å². The molecule has 2 aromatic heterocycles. The van der Waals surface area contributed by atoms with Gasteiger partial charge >= 0.3 is 0 Å². The summed E-state index contributed by atoms with van der Waals surface area (Å²) in [4.78, 5) is 9.39. The Morgan fingerprint density at radius 1 is 0.969 bits per heavy atom. The Hall–Kier alpha value is -2.87. The normalized spacial score (nSPS) is 16.2. The summed E-state index contributed by atoms with van der Waals surface area (Å²) in [6, 6.07) is 15.3. The molecule has 0 atom stereocenters. The summed E-state index contributed by atoms with van der Waals surface area (Å²) in [7, 11) is 0. The summed E-state index contributed by atoms with van der Waals surface area (Å²) >= 11 is 6.82. The number of hydrogen-bond donors (Lipinski definition) is 2. The van der Waals surface area contributed by atoms with E-state index in [2.05, 4.69) is 21.7 Å². The number of nitrogen functional groups attached to an aromatic ring is 1. The summed E-state index contributed by atoms with van der Waals surface area (Å²) in [5.41, 5.74) is 16.3. The highest BCUT2D eigenvalue weighted by molar-refractivity contribution is 6.53. The lowest BCUT2D eigenvalue weighted by Gasteiger charge is -2.33. The lowest BCUT2D eigenvalue weighted by atomic mass is 10.1. The van der Waals surface area contributed by atoms with E-state index in [1.54, 1.807) is 6.20 Å². The Labute approximate surface area is 194 Å². The zero-order chi connectivity index (χ0) is 22.5. The van der Waals surface area contributed by atoms with Crippen LogP contribution in [0.1, 0.15) is 18.1 Å². The molecular formula is C24H30ClN7. The van der Waals surface area contributed by atoms with Gasteiger partial charge in [0.05, 0.1) is 28.5 Å². The number of nitrogens with zero attached hydrogens (tertiary/aromatic N) is 5. The minimum atomic E-state index is 0.386. The zero-order valence-electron chi connectivity index (χ0n) is 18.4. The summed E-state index contributed by atoms with van der Waals surface area (Å²) < 4.78 is 1.83. The number of aromatic nitrogens is 3. The third-order valence-electron chi connectivity index (χ3n) is 5.98. The summed E-state index contributed by atoms with van der Waals surface area (Å²) in [6.45, 7) is 9.15. The number of likely N-dealkylation sites (N-methyl/N-ethyl adjacent to an activating group) is 1. The minimum absolute atomic E-state index is 0.386. The molecule has 0 spiro atoms. The predicted molar refractivity (Wildman–Crippen MR) is 132 cm³/mol. The van der Waals surface area contributed by atoms with E-state index in [0.717, 1.165) is 44.8 Å². The Balaban J connectivity index is 1.66. The van der Waals surface area contributed by atoms with Gasteiger partial charge in [0, 0.05) is 38.9 Å². The first kappa shape index (κ1) is 22.3. The van der Waals surface area contributed by atoms with Crippen molar-refractivity contribution in [3.8, 4) is 11.4 Å². The molecular weight excluding hydrogens is 422 g/mol. The van der Waals surface area contributed by atoms with Crippen LogP contribution in [0.25, 0.3) is 22.1 Å². The van der Waals surface area contributed by atoms with Crippen LogP contribution >= 0.6 is 11.6 Å². The van der Waals surface area contributed by atoms with Gasteiger partial charge in [-0.2, -0.15) is 5.10 Å². The van der Waals surface area contributed by atoms with Crippen molar-refractivity contribution in [1.29, 1.82) is 0 Å². The van der Waals surface area contributed by atoms with Crippen LogP contribution in [0.15, 0.2) is 54.7 Å². The Morgan fingerprint density at radius 3 is 2.31 bits per heavy atom. The van der Waals surface area contributed by atoms with Gasteiger partial charge in [-0.1, -0.05) is 54.9 Å². The van der Waals surface area contributed by atoms with E-state index in [1.807, 2.05) is 53.2 Å². The SMILES string of the molecule is CCN1CCN(CCn2nc(-c3ccccn3)c(/C(Cl)=C(\N)c3ccccc3)c2N)CC1. The predicted octanol–water partition coefficient (Wildman–Crippen LogP) is 3.19. The van der Waals surface area contributed by atoms with Crippen molar-refractivity contribution in [2.45, 2.75) is 13.5 Å². The van der Waals surface area contributed by atoms with Gasteiger partial charge in [-0.3, -0.25) is 9.88 Å². The number of halogens is 1. The van der Waals surface area contributed by atoms with Crippen LogP contribution in [-0.4, -0.2) is 63.8 Å². The Bertz CT molecular complexity index is 1050. The second kappa shape index (κ2) is 10.2. The number of nitrogens with two attached hydrogens (primary N) is 2. The first-order valence-electron chi connectivity index (χ1n) is 11.0. The lowest BCUT2D eigenvalue weighted by molar-refractivity contribution is 0.133. The van der Waals surface area contributed by atoms with Crippen molar-refractivity contribution in [1.82, 2.24) is 24.6 Å². The van der Waals surface area contributed by atoms with Crippen LogP contribution in [0, 0.1) is 0 Å². The monoisotopic (exact) mass is 451 g/mol. The Kier molecular flexibility index (Phi) is 7.09. The highest BCUT2D eigenvalue weighted by Gasteiger charge is 2.23. The van der Waals surface area contributed by atoms with Crippen molar-refractivity contribution in [3.63, 3.8) is 0 Å². The molecule has 0 radical (unpaired) electrons. The maximum Gasteiger partial charge on any atom is 0.131 e. The molecule has 1 fully saturated rings. The van der Waals surface area contributed by atoms with E-state index in [1.165, 1.54) is 0 Å². The highest BCUT2D eigenvalue weighted by atomic mass is 35.5. The van der Waals surface area contributed by atoms with Gasteiger partial charge in [-0.15, -0.1) is 0 Å². The molecule has 0 amide bonds. The molecule has 32 heavy (non-hydrogen) atoms. The highest BCUT2D eigenvalue weighted by Crippen LogP contribution is 2.37. The zero-order valence-corrected chi connectivity index (χ0v) is 19.2. The van der Waals surface area contributed by atoms with Gasteiger partial charge in [-0.25, -0.2) is 4.68 Å². The first-order chi connectivity index (χ1) is 15.6. The fourth-order valence-corrected chi connectivity index (χ4v) is 4.28. The molecule has 1 saturated heterocycles. The number of pyridine rings is 1. The molecule has 4 rings (SSSR count). The maximum absolute atomic E-state index is 6.82. The van der Waals surface area contributed by atoms with Crippen molar-refractivity contribution in [2.75, 3.05) is 45.0 Å². The molecule has 1 aliphatic heterocycles. The van der Waals surface area contributed by atoms with Gasteiger partial charge < -0.3 is 16.4 Å². The maximum atomic E-state index is 6.82. The molecule has 3 aromatic rings. The summed E-state index contributed by atoms with van der Waals surface area (Å²) in [6.07, 6.45) is 1.74. The van der Waals surface area contributed by atoms with E-state index in [0.29, 0.717) is 40.0 Å². The van der Waals surface area contributed by atoms with Crippen molar-refractivity contribution in [2.24, 2.45) is 5.73 Å². The molecule has 168 valence electrons. The number of anilines is 1. The fourth-order valence-electron chi connectivity index (χ4n) is 3.99. The van der Waals surface area contributed by atoms with Crippen LogP contribution in [0.5, 0.6) is 0 Å². The second-order valence-corrected chi connectivity index (χ2v) is 8.29. The minimum Gasteiger partial charge on any atom is -0.397 e. The number of rotatable bonds is 7. The van der Waals surface area contributed by atoms with Gasteiger partial charge in [0.15, 0.2) is 0 Å². The number of piperazine rings is 1. The Morgan fingerprint density at radius 2 is 1.66 bits per heavy atom. The molecule has 1 aromatic carbocycles. The topological polar surface area (TPSA) is 89.2 Å². The third kappa shape index (κ3) is 4.80. The van der Waals surface area contributed by atoms with Crippen LogP contribution in [0.2, 0.25) is 0 Å². The van der Waals surface area contributed by atoms with Crippen molar-refractivity contribution >= 4 is 28.1 Å². The molecule has 1 aliphatic rings. The van der Waals surface area contributed by atoms with E-state index >= 15 is 0 Å². The second-order valence-electron chi connectivity index (χ2n) is 7.92. The number of benzene rings is 1. The fraction of sp³-hybridized carbons (Fsp3) is 0.333. The van der Waals surface area contributed by atoms with Gasteiger partial charge in [0.1, 0.15) is 11.5 Å². The average Bonchev–Trinajstić information content (AvgIpc) is 3.19. The standard InChI is InChI=1S/C24H30ClN7/c1-2-30-12-14-31(15-13-30)16-17-32-24(27)20(23(29-32)19-10-6-7-11-28-19)21(25)22(26)18-8-4-3-5-9-18/h3-11H,2,12-17,26-27H2,1H3/b22-21+. The largest absolute Gasteiger partial charge is 0.397 e. The smallest absolute Gasteiger partial charge is 0.131 e. The van der Waals surface area contributed by atoms with Crippen LogP contribution in [-0.2, 0) is 6.54 Å². The van der Waals surface area contributed by atoms with Crippen LogP contribution in [0.3, 0.4) is 0 Å². The molecule has 0 aliphatic carbocycles.